The fraction of sp³-hybridized carbons (Fsp3) is 1.00. The fourth-order valence-electron chi connectivity index (χ4n) is 1.03. The monoisotopic (exact) mass is 146 g/mol. The van der Waals surface area contributed by atoms with Crippen LogP contribution in [0.1, 0.15) is 46.5 Å². The number of alkyl halides is 1. The van der Waals surface area contributed by atoms with Crippen molar-refractivity contribution in [1.82, 2.24) is 0 Å². The second kappa shape index (κ2) is 5.70. The lowest BCUT2D eigenvalue weighted by Gasteiger charge is -2.11. The van der Waals surface area contributed by atoms with Crippen molar-refractivity contribution in [2.45, 2.75) is 52.6 Å². The van der Waals surface area contributed by atoms with Gasteiger partial charge < -0.3 is 0 Å². The molecule has 0 aliphatic carbocycles. The van der Waals surface area contributed by atoms with Gasteiger partial charge in [-0.1, -0.05) is 33.6 Å². The van der Waals surface area contributed by atoms with Crippen molar-refractivity contribution in [2.24, 2.45) is 5.92 Å². The van der Waals surface area contributed by atoms with Gasteiger partial charge >= 0.3 is 0 Å². The van der Waals surface area contributed by atoms with E-state index >= 15 is 0 Å². The highest BCUT2D eigenvalue weighted by Gasteiger charge is 2.08. The summed E-state index contributed by atoms with van der Waals surface area (Å²) in [6.07, 6.45) is 3.01. The maximum Gasteiger partial charge on any atom is 0.100 e. The van der Waals surface area contributed by atoms with E-state index in [1.54, 1.807) is 0 Å². The van der Waals surface area contributed by atoms with Gasteiger partial charge in [0.25, 0.3) is 0 Å². The molecule has 1 heteroatoms. The normalized spacial score (nSPS) is 16.8. The van der Waals surface area contributed by atoms with E-state index < -0.39 is 6.17 Å². The van der Waals surface area contributed by atoms with Crippen molar-refractivity contribution in [2.75, 3.05) is 0 Å². The minimum Gasteiger partial charge on any atom is -0.247 e. The van der Waals surface area contributed by atoms with Gasteiger partial charge in [-0.15, -0.1) is 0 Å². The van der Waals surface area contributed by atoms with Crippen LogP contribution in [-0.4, -0.2) is 6.17 Å². The highest BCUT2D eigenvalue weighted by Crippen LogP contribution is 2.15. The molecule has 0 saturated heterocycles. The average molecular weight is 146 g/mol. The van der Waals surface area contributed by atoms with E-state index in [0.29, 0.717) is 5.92 Å². The Morgan fingerprint density at radius 2 is 1.90 bits per heavy atom. The zero-order chi connectivity index (χ0) is 7.98. The number of hydrogen-bond donors (Lipinski definition) is 0. The third-order valence-corrected chi connectivity index (χ3v) is 1.96. The van der Waals surface area contributed by atoms with Crippen LogP contribution in [0.15, 0.2) is 0 Å². The molecule has 0 bridgehead atoms. The molecule has 62 valence electrons. The summed E-state index contributed by atoms with van der Waals surface area (Å²) in [6, 6.07) is 0. The summed E-state index contributed by atoms with van der Waals surface area (Å²) in [5.41, 5.74) is 0. The average Bonchev–Trinajstić information content (AvgIpc) is 1.88. The van der Waals surface area contributed by atoms with Gasteiger partial charge in [0.05, 0.1) is 0 Å². The molecule has 0 fully saturated rings. The number of halogens is 1. The van der Waals surface area contributed by atoms with E-state index in [2.05, 4.69) is 13.8 Å². The van der Waals surface area contributed by atoms with Gasteiger partial charge in [-0.2, -0.15) is 0 Å². The SMILES string of the molecule is CCCC(F)CC(C)CC. The van der Waals surface area contributed by atoms with E-state index in [9.17, 15) is 4.39 Å². The highest BCUT2D eigenvalue weighted by atomic mass is 19.1. The van der Waals surface area contributed by atoms with Crippen LogP contribution in [-0.2, 0) is 0 Å². The van der Waals surface area contributed by atoms with Gasteiger partial charge in [0.1, 0.15) is 6.17 Å². The first-order chi connectivity index (χ1) is 4.70. The van der Waals surface area contributed by atoms with E-state index in [1.807, 2.05) is 6.92 Å². The summed E-state index contributed by atoms with van der Waals surface area (Å²) in [6.45, 7) is 6.26. The van der Waals surface area contributed by atoms with Gasteiger partial charge in [-0.05, 0) is 18.8 Å². The Balaban J connectivity index is 3.27. The van der Waals surface area contributed by atoms with Gasteiger partial charge in [0.15, 0.2) is 0 Å². The van der Waals surface area contributed by atoms with Crippen LogP contribution in [0.3, 0.4) is 0 Å². The molecule has 0 spiro atoms. The summed E-state index contributed by atoms with van der Waals surface area (Å²) in [4.78, 5) is 0. The van der Waals surface area contributed by atoms with Crippen LogP contribution >= 0.6 is 0 Å². The van der Waals surface area contributed by atoms with Crippen molar-refractivity contribution < 1.29 is 4.39 Å². The molecule has 2 unspecified atom stereocenters. The van der Waals surface area contributed by atoms with Crippen molar-refractivity contribution >= 4 is 0 Å². The first-order valence-electron chi connectivity index (χ1n) is 4.34. The Morgan fingerprint density at radius 3 is 2.30 bits per heavy atom. The number of rotatable bonds is 5. The number of hydrogen-bond acceptors (Lipinski definition) is 0. The van der Waals surface area contributed by atoms with Crippen LogP contribution in [0, 0.1) is 5.92 Å². The van der Waals surface area contributed by atoms with Gasteiger partial charge in [-0.3, -0.25) is 0 Å². The molecule has 0 radical (unpaired) electrons. The summed E-state index contributed by atoms with van der Waals surface area (Å²) in [5.74, 6) is 0.557. The largest absolute Gasteiger partial charge is 0.247 e. The molecule has 2 atom stereocenters. The molecule has 0 aromatic heterocycles. The Hall–Kier alpha value is -0.0700. The van der Waals surface area contributed by atoms with E-state index in [1.165, 1.54) is 0 Å². The summed E-state index contributed by atoms with van der Waals surface area (Å²) < 4.78 is 12.8. The van der Waals surface area contributed by atoms with E-state index in [0.717, 1.165) is 25.7 Å². The maximum absolute atomic E-state index is 12.8. The molecule has 0 aromatic carbocycles. The maximum atomic E-state index is 12.8. The van der Waals surface area contributed by atoms with E-state index in [-0.39, 0.29) is 0 Å². The van der Waals surface area contributed by atoms with Gasteiger partial charge in [-0.25, -0.2) is 4.39 Å². The first kappa shape index (κ1) is 9.93. The molecule has 10 heavy (non-hydrogen) atoms. The lowest BCUT2D eigenvalue weighted by Crippen LogP contribution is -2.05. The van der Waals surface area contributed by atoms with Crippen molar-refractivity contribution in [3.05, 3.63) is 0 Å². The summed E-state index contributed by atoms with van der Waals surface area (Å²) in [7, 11) is 0. The Morgan fingerprint density at radius 1 is 1.30 bits per heavy atom. The van der Waals surface area contributed by atoms with Crippen LogP contribution < -0.4 is 0 Å². The second-order valence-electron chi connectivity index (χ2n) is 3.14. The highest BCUT2D eigenvalue weighted by molar-refractivity contribution is 4.59. The Bertz CT molecular complexity index is 71.1. The van der Waals surface area contributed by atoms with Gasteiger partial charge in [0.2, 0.25) is 0 Å². The predicted octanol–water partition coefficient (Wildman–Crippen LogP) is 3.56. The quantitative estimate of drug-likeness (QED) is 0.556. The zero-order valence-corrected chi connectivity index (χ0v) is 7.36. The third kappa shape index (κ3) is 4.78. The lowest BCUT2D eigenvalue weighted by atomic mass is 10.00. The summed E-state index contributed by atoms with van der Waals surface area (Å²) >= 11 is 0. The van der Waals surface area contributed by atoms with Crippen molar-refractivity contribution in [3.63, 3.8) is 0 Å². The molecule has 0 saturated carbocycles. The van der Waals surface area contributed by atoms with Crippen LogP contribution in [0.5, 0.6) is 0 Å². The zero-order valence-electron chi connectivity index (χ0n) is 7.36. The topological polar surface area (TPSA) is 0 Å². The summed E-state index contributed by atoms with van der Waals surface area (Å²) in [5, 5.41) is 0. The molecule has 0 N–H and O–H groups in total. The fourth-order valence-corrected chi connectivity index (χ4v) is 1.03. The molecule has 0 aliphatic rings. The van der Waals surface area contributed by atoms with Crippen molar-refractivity contribution in [3.8, 4) is 0 Å². The predicted molar refractivity (Wildman–Crippen MR) is 43.9 cm³/mol. The third-order valence-electron chi connectivity index (χ3n) is 1.96. The lowest BCUT2D eigenvalue weighted by molar-refractivity contribution is 0.256. The molecule has 0 amide bonds. The Labute approximate surface area is 63.8 Å². The van der Waals surface area contributed by atoms with Gasteiger partial charge in [0, 0.05) is 0 Å². The molecule has 0 nitrogen and oxygen atoms in total. The van der Waals surface area contributed by atoms with Crippen molar-refractivity contribution in [1.29, 1.82) is 0 Å². The molecular weight excluding hydrogens is 127 g/mol. The molecule has 0 rings (SSSR count). The minimum absolute atomic E-state index is 0.556. The molecule has 0 heterocycles. The standard InChI is InChI=1S/C9H19F/c1-4-6-9(10)7-8(3)5-2/h8-9H,4-7H2,1-3H3. The van der Waals surface area contributed by atoms with Crippen LogP contribution in [0.2, 0.25) is 0 Å². The first-order valence-corrected chi connectivity index (χ1v) is 4.34. The minimum atomic E-state index is -0.556. The van der Waals surface area contributed by atoms with Crippen LogP contribution in [0.25, 0.3) is 0 Å². The Kier molecular flexibility index (Phi) is 5.66. The second-order valence-corrected chi connectivity index (χ2v) is 3.14. The molecular formula is C9H19F. The van der Waals surface area contributed by atoms with Crippen LogP contribution in [0.4, 0.5) is 4.39 Å². The molecule has 0 aromatic rings. The smallest absolute Gasteiger partial charge is 0.100 e. The van der Waals surface area contributed by atoms with E-state index in [4.69, 9.17) is 0 Å². The molecule has 0 aliphatic heterocycles.